The minimum absolute atomic E-state index is 0.123. The molecule has 7 nitrogen and oxygen atoms in total. The van der Waals surface area contributed by atoms with Crippen LogP contribution in [0, 0.1) is 0 Å². The molecule has 1 saturated heterocycles. The molecular formula is C22H25N5O2. The van der Waals surface area contributed by atoms with Crippen molar-refractivity contribution >= 4 is 22.6 Å². The molecule has 0 unspecified atom stereocenters. The van der Waals surface area contributed by atoms with Gasteiger partial charge in [0.15, 0.2) is 0 Å². The molecule has 2 atom stereocenters. The van der Waals surface area contributed by atoms with Crippen LogP contribution < -0.4 is 4.90 Å². The standard InChI is InChI=1S/C22H25N5O2/c1-14-12-26(13-15(2)29-14)5-6-27-20-8-18(10-24-19(20)9-21(27)28)17-7-16-3-4-23-22(16)25-11-17/h3-4,7-8,10-11,14-15H,5-6,9,12-13H2,1-2H3,(H,23,25)/t14-,15+. The van der Waals surface area contributed by atoms with Gasteiger partial charge in [0, 0.05) is 61.3 Å². The van der Waals surface area contributed by atoms with Gasteiger partial charge in [0.25, 0.3) is 0 Å². The van der Waals surface area contributed by atoms with E-state index in [2.05, 4.69) is 45.8 Å². The Morgan fingerprint density at radius 2 is 1.86 bits per heavy atom. The van der Waals surface area contributed by atoms with Crippen molar-refractivity contribution in [3.63, 3.8) is 0 Å². The Morgan fingerprint density at radius 1 is 1.10 bits per heavy atom. The first-order valence-electron chi connectivity index (χ1n) is 10.2. The van der Waals surface area contributed by atoms with Gasteiger partial charge in [-0.2, -0.15) is 0 Å². The van der Waals surface area contributed by atoms with Gasteiger partial charge in [-0.3, -0.25) is 14.7 Å². The largest absolute Gasteiger partial charge is 0.373 e. The fraction of sp³-hybridized carbons (Fsp3) is 0.409. The zero-order valence-corrected chi connectivity index (χ0v) is 16.8. The molecule has 0 saturated carbocycles. The van der Waals surface area contributed by atoms with Crippen LogP contribution in [0.4, 0.5) is 5.69 Å². The highest BCUT2D eigenvalue weighted by Gasteiger charge is 2.30. The van der Waals surface area contributed by atoms with Crippen molar-refractivity contribution in [2.45, 2.75) is 32.5 Å². The molecule has 0 radical (unpaired) electrons. The van der Waals surface area contributed by atoms with Crippen LogP contribution in [0.25, 0.3) is 22.2 Å². The van der Waals surface area contributed by atoms with E-state index in [1.807, 2.05) is 29.6 Å². The molecule has 0 aromatic carbocycles. The number of aromatic nitrogens is 3. The number of amides is 1. The Balaban J connectivity index is 1.37. The summed E-state index contributed by atoms with van der Waals surface area (Å²) in [6.45, 7) is 7.52. The third-order valence-electron chi connectivity index (χ3n) is 5.73. The molecule has 7 heteroatoms. The maximum atomic E-state index is 12.6. The maximum absolute atomic E-state index is 12.6. The number of ether oxygens (including phenoxy) is 1. The van der Waals surface area contributed by atoms with Gasteiger partial charge in [0.1, 0.15) is 5.65 Å². The van der Waals surface area contributed by atoms with Gasteiger partial charge in [-0.15, -0.1) is 0 Å². The number of hydrogen-bond acceptors (Lipinski definition) is 5. The van der Waals surface area contributed by atoms with E-state index in [4.69, 9.17) is 4.74 Å². The molecule has 5 heterocycles. The van der Waals surface area contributed by atoms with Crippen LogP contribution in [-0.4, -0.2) is 64.1 Å². The van der Waals surface area contributed by atoms with E-state index in [0.29, 0.717) is 13.0 Å². The Bertz CT molecular complexity index is 1050. The number of carbonyl (C=O) groups excluding carboxylic acids is 1. The summed E-state index contributed by atoms with van der Waals surface area (Å²) >= 11 is 0. The van der Waals surface area contributed by atoms with Gasteiger partial charge < -0.3 is 14.6 Å². The van der Waals surface area contributed by atoms with Crippen LogP contribution in [0.2, 0.25) is 0 Å². The number of morpholine rings is 1. The summed E-state index contributed by atoms with van der Waals surface area (Å²) in [6.07, 6.45) is 6.40. The van der Waals surface area contributed by atoms with E-state index in [0.717, 1.165) is 53.2 Å². The molecule has 29 heavy (non-hydrogen) atoms. The Labute approximate surface area is 169 Å². The van der Waals surface area contributed by atoms with Gasteiger partial charge in [0.2, 0.25) is 5.91 Å². The number of hydrogen-bond donors (Lipinski definition) is 1. The van der Waals surface area contributed by atoms with Crippen LogP contribution in [0.1, 0.15) is 19.5 Å². The number of fused-ring (bicyclic) bond motifs is 2. The molecule has 0 aliphatic carbocycles. The molecule has 2 aliphatic rings. The number of nitrogens with zero attached hydrogens (tertiary/aromatic N) is 4. The number of aromatic amines is 1. The molecule has 5 rings (SSSR count). The monoisotopic (exact) mass is 391 g/mol. The number of anilines is 1. The van der Waals surface area contributed by atoms with Gasteiger partial charge in [-0.1, -0.05) is 0 Å². The van der Waals surface area contributed by atoms with Crippen molar-refractivity contribution in [3.05, 3.63) is 42.5 Å². The third kappa shape index (κ3) is 3.52. The molecular weight excluding hydrogens is 366 g/mol. The molecule has 3 aromatic rings. The Kier molecular flexibility index (Phi) is 4.56. The topological polar surface area (TPSA) is 74.4 Å². The van der Waals surface area contributed by atoms with Crippen LogP contribution in [-0.2, 0) is 16.0 Å². The normalized spacial score (nSPS) is 22.4. The lowest BCUT2D eigenvalue weighted by molar-refractivity contribution is -0.117. The van der Waals surface area contributed by atoms with Crippen molar-refractivity contribution in [3.8, 4) is 11.1 Å². The summed E-state index contributed by atoms with van der Waals surface area (Å²) in [4.78, 5) is 29.1. The minimum atomic E-state index is 0.123. The quantitative estimate of drug-likeness (QED) is 0.740. The van der Waals surface area contributed by atoms with Gasteiger partial charge in [-0.25, -0.2) is 4.98 Å². The average Bonchev–Trinajstić information content (AvgIpc) is 3.28. The van der Waals surface area contributed by atoms with Crippen molar-refractivity contribution < 1.29 is 9.53 Å². The van der Waals surface area contributed by atoms with E-state index >= 15 is 0 Å². The van der Waals surface area contributed by atoms with Crippen molar-refractivity contribution in [1.82, 2.24) is 19.9 Å². The molecule has 3 aromatic heterocycles. The van der Waals surface area contributed by atoms with Gasteiger partial charge >= 0.3 is 0 Å². The lowest BCUT2D eigenvalue weighted by Gasteiger charge is -2.36. The third-order valence-corrected chi connectivity index (χ3v) is 5.73. The lowest BCUT2D eigenvalue weighted by atomic mass is 10.1. The van der Waals surface area contributed by atoms with Gasteiger partial charge in [-0.05, 0) is 32.0 Å². The summed E-state index contributed by atoms with van der Waals surface area (Å²) < 4.78 is 5.81. The molecule has 1 N–H and O–H groups in total. The second-order valence-corrected chi connectivity index (χ2v) is 8.07. The SMILES string of the molecule is C[C@@H]1CN(CCN2C(=O)Cc3ncc(-c4cnc5[nH]ccc5c4)cc32)C[C@H](C)O1. The van der Waals surface area contributed by atoms with Crippen LogP contribution in [0.3, 0.4) is 0 Å². The van der Waals surface area contributed by atoms with E-state index in [9.17, 15) is 4.79 Å². The fourth-order valence-corrected chi connectivity index (χ4v) is 4.43. The second-order valence-electron chi connectivity index (χ2n) is 8.07. The zero-order chi connectivity index (χ0) is 20.0. The maximum Gasteiger partial charge on any atom is 0.233 e. The highest BCUT2D eigenvalue weighted by Crippen LogP contribution is 2.32. The first kappa shape index (κ1) is 18.3. The predicted molar refractivity (Wildman–Crippen MR) is 112 cm³/mol. The fourth-order valence-electron chi connectivity index (χ4n) is 4.43. The van der Waals surface area contributed by atoms with Crippen molar-refractivity contribution in [1.29, 1.82) is 0 Å². The number of nitrogens with one attached hydrogen (secondary N) is 1. The number of pyridine rings is 2. The first-order valence-corrected chi connectivity index (χ1v) is 10.2. The Morgan fingerprint density at radius 3 is 2.69 bits per heavy atom. The van der Waals surface area contributed by atoms with E-state index in [1.165, 1.54) is 0 Å². The second kappa shape index (κ2) is 7.24. The molecule has 1 fully saturated rings. The van der Waals surface area contributed by atoms with Gasteiger partial charge in [0.05, 0.1) is 30.0 Å². The van der Waals surface area contributed by atoms with Crippen LogP contribution in [0.15, 0.2) is 36.8 Å². The molecule has 1 amide bonds. The molecule has 0 bridgehead atoms. The number of rotatable bonds is 4. The Hall–Kier alpha value is -2.77. The first-order chi connectivity index (χ1) is 14.1. The smallest absolute Gasteiger partial charge is 0.233 e. The van der Waals surface area contributed by atoms with Crippen LogP contribution >= 0.6 is 0 Å². The van der Waals surface area contributed by atoms with Crippen molar-refractivity contribution in [2.75, 3.05) is 31.1 Å². The molecule has 2 aliphatic heterocycles. The summed E-state index contributed by atoms with van der Waals surface area (Å²) in [6, 6.07) is 6.18. The summed E-state index contributed by atoms with van der Waals surface area (Å²) in [5.74, 6) is 0.123. The summed E-state index contributed by atoms with van der Waals surface area (Å²) in [7, 11) is 0. The summed E-state index contributed by atoms with van der Waals surface area (Å²) in [5, 5.41) is 1.06. The number of H-pyrrole nitrogens is 1. The van der Waals surface area contributed by atoms with E-state index in [1.54, 1.807) is 0 Å². The van der Waals surface area contributed by atoms with Crippen molar-refractivity contribution in [2.24, 2.45) is 0 Å². The lowest BCUT2D eigenvalue weighted by Crippen LogP contribution is -2.48. The molecule has 150 valence electrons. The summed E-state index contributed by atoms with van der Waals surface area (Å²) in [5.41, 5.74) is 4.64. The predicted octanol–water partition coefficient (Wildman–Crippen LogP) is 2.62. The highest BCUT2D eigenvalue weighted by atomic mass is 16.5. The van der Waals surface area contributed by atoms with E-state index < -0.39 is 0 Å². The highest BCUT2D eigenvalue weighted by molar-refractivity contribution is 6.01. The zero-order valence-electron chi connectivity index (χ0n) is 16.8. The van der Waals surface area contributed by atoms with Crippen LogP contribution in [0.5, 0.6) is 0 Å². The average molecular weight is 391 g/mol. The van der Waals surface area contributed by atoms with E-state index in [-0.39, 0.29) is 18.1 Å². The molecule has 0 spiro atoms. The number of carbonyl (C=O) groups is 1. The minimum Gasteiger partial charge on any atom is -0.373 e.